The van der Waals surface area contributed by atoms with Crippen molar-refractivity contribution < 1.29 is 22.7 Å². The van der Waals surface area contributed by atoms with Crippen molar-refractivity contribution in [3.63, 3.8) is 0 Å². The summed E-state index contributed by atoms with van der Waals surface area (Å²) in [5, 5.41) is 2.55. The van der Waals surface area contributed by atoms with Crippen LogP contribution in [0.25, 0.3) is 0 Å². The molecule has 0 saturated carbocycles. The lowest BCUT2D eigenvalue weighted by atomic mass is 9.80. The lowest BCUT2D eigenvalue weighted by Crippen LogP contribution is -2.47. The first-order valence-electron chi connectivity index (χ1n) is 14.8. The molecular formula is C31H48F3NO2S. The SMILES string of the molecule is CCCCCCCCCCCCCCCCCCC(C)(C)C(=S)C1Oc2ccc(C(F)(F)F)cc2NC1=O. The zero-order chi connectivity index (χ0) is 28.0. The predicted octanol–water partition coefficient (Wildman–Crippen LogP) is 10.5. The third kappa shape index (κ3) is 11.2. The maximum atomic E-state index is 13.0. The smallest absolute Gasteiger partial charge is 0.416 e. The quantitative estimate of drug-likeness (QED) is 0.136. The molecule has 1 aliphatic rings. The number of fused-ring (bicyclic) bond motifs is 1. The molecule has 0 radical (unpaired) electrons. The Balaban J connectivity index is 1.58. The molecule has 0 bridgehead atoms. The number of hydrogen-bond donors (Lipinski definition) is 1. The van der Waals surface area contributed by atoms with Gasteiger partial charge in [-0.25, -0.2) is 0 Å². The van der Waals surface area contributed by atoms with Gasteiger partial charge in [-0.2, -0.15) is 13.2 Å². The number of anilines is 1. The molecule has 216 valence electrons. The second-order valence-electron chi connectivity index (χ2n) is 11.5. The standard InChI is InChI=1S/C31H48F3NO2S/c1-4-5-6-7-8-9-10-11-12-13-14-15-16-17-18-19-22-30(2,3)28(38)27-29(36)35-25-23-24(31(32,33)34)20-21-26(25)37-27/h20-21,23,27H,4-19,22H2,1-3H3,(H,35,36). The number of benzene rings is 1. The average Bonchev–Trinajstić information content (AvgIpc) is 2.86. The molecule has 7 heteroatoms. The van der Waals surface area contributed by atoms with Crippen LogP contribution in [0.3, 0.4) is 0 Å². The monoisotopic (exact) mass is 555 g/mol. The van der Waals surface area contributed by atoms with E-state index in [4.69, 9.17) is 17.0 Å². The molecule has 0 fully saturated rings. The van der Waals surface area contributed by atoms with Gasteiger partial charge in [0.15, 0.2) is 0 Å². The second kappa shape index (κ2) is 16.5. The lowest BCUT2D eigenvalue weighted by Gasteiger charge is -2.33. The summed E-state index contributed by atoms with van der Waals surface area (Å²) in [4.78, 5) is 13.1. The van der Waals surface area contributed by atoms with E-state index < -0.39 is 29.2 Å². The fraction of sp³-hybridized carbons (Fsp3) is 0.742. The van der Waals surface area contributed by atoms with Gasteiger partial charge in [0.2, 0.25) is 6.10 Å². The van der Waals surface area contributed by atoms with Crippen molar-refractivity contribution in [2.45, 2.75) is 142 Å². The van der Waals surface area contributed by atoms with Crippen LogP contribution in [-0.2, 0) is 11.0 Å². The molecule has 0 aromatic heterocycles. The van der Waals surface area contributed by atoms with Crippen LogP contribution in [0.2, 0.25) is 0 Å². The third-order valence-corrected chi connectivity index (χ3v) is 8.37. The molecule has 0 spiro atoms. The fourth-order valence-electron chi connectivity index (χ4n) is 5.05. The Kier molecular flexibility index (Phi) is 14.1. The molecule has 38 heavy (non-hydrogen) atoms. The molecule has 1 atom stereocenters. The van der Waals surface area contributed by atoms with Gasteiger partial charge in [0.1, 0.15) is 5.75 Å². The van der Waals surface area contributed by atoms with Crippen LogP contribution in [0, 0.1) is 5.41 Å². The maximum Gasteiger partial charge on any atom is 0.416 e. The van der Waals surface area contributed by atoms with Crippen molar-refractivity contribution in [1.82, 2.24) is 0 Å². The van der Waals surface area contributed by atoms with E-state index in [9.17, 15) is 18.0 Å². The lowest BCUT2D eigenvalue weighted by molar-refractivity contribution is -0.137. The summed E-state index contributed by atoms with van der Waals surface area (Å²) < 4.78 is 44.7. The van der Waals surface area contributed by atoms with Gasteiger partial charge in [-0.05, 0) is 24.6 Å². The number of carbonyl (C=O) groups excluding carboxylic acids is 1. The highest BCUT2D eigenvalue weighted by molar-refractivity contribution is 7.80. The van der Waals surface area contributed by atoms with Crippen molar-refractivity contribution in [3.8, 4) is 5.75 Å². The van der Waals surface area contributed by atoms with Crippen LogP contribution in [0.15, 0.2) is 18.2 Å². The topological polar surface area (TPSA) is 38.3 Å². The molecule has 1 heterocycles. The first kappa shape index (κ1) is 32.6. The Morgan fingerprint density at radius 3 is 1.79 bits per heavy atom. The minimum Gasteiger partial charge on any atom is -0.473 e. The van der Waals surface area contributed by atoms with E-state index in [2.05, 4.69) is 12.2 Å². The number of hydrogen-bond acceptors (Lipinski definition) is 3. The van der Waals surface area contributed by atoms with Crippen LogP contribution >= 0.6 is 12.2 Å². The van der Waals surface area contributed by atoms with Crippen LogP contribution < -0.4 is 10.1 Å². The Morgan fingerprint density at radius 1 is 0.842 bits per heavy atom. The number of unbranched alkanes of at least 4 members (excludes halogenated alkanes) is 15. The van der Waals surface area contributed by atoms with Crippen molar-refractivity contribution in [3.05, 3.63) is 23.8 Å². The van der Waals surface area contributed by atoms with Crippen molar-refractivity contribution >= 4 is 28.7 Å². The molecule has 0 saturated heterocycles. The van der Waals surface area contributed by atoms with Crippen LogP contribution in [0.1, 0.15) is 135 Å². The predicted molar refractivity (Wildman–Crippen MR) is 155 cm³/mol. The minimum atomic E-state index is -4.49. The first-order chi connectivity index (χ1) is 18.1. The molecule has 1 N–H and O–H groups in total. The third-order valence-electron chi connectivity index (χ3n) is 7.61. The van der Waals surface area contributed by atoms with E-state index in [-0.39, 0.29) is 11.4 Å². The van der Waals surface area contributed by atoms with E-state index in [0.717, 1.165) is 31.4 Å². The number of alkyl halides is 3. The summed E-state index contributed by atoms with van der Waals surface area (Å²) in [7, 11) is 0. The van der Waals surface area contributed by atoms with E-state index in [1.807, 2.05) is 13.8 Å². The van der Waals surface area contributed by atoms with Gasteiger partial charge < -0.3 is 10.1 Å². The van der Waals surface area contributed by atoms with Gasteiger partial charge in [0, 0.05) is 10.3 Å². The molecule has 2 rings (SSSR count). The Morgan fingerprint density at radius 2 is 1.32 bits per heavy atom. The number of amides is 1. The number of rotatable bonds is 19. The normalized spacial score (nSPS) is 15.6. The van der Waals surface area contributed by atoms with Gasteiger partial charge in [-0.15, -0.1) is 0 Å². The summed E-state index contributed by atoms with van der Waals surface area (Å²) in [6, 6.07) is 3.10. The van der Waals surface area contributed by atoms with E-state index in [1.165, 1.54) is 96.0 Å². The zero-order valence-electron chi connectivity index (χ0n) is 23.7. The van der Waals surface area contributed by atoms with Gasteiger partial charge in [-0.3, -0.25) is 4.79 Å². The molecule has 1 amide bonds. The number of carbonyl (C=O) groups is 1. The average molecular weight is 556 g/mol. The number of halogens is 3. The van der Waals surface area contributed by atoms with E-state index in [1.54, 1.807) is 0 Å². The van der Waals surface area contributed by atoms with E-state index >= 15 is 0 Å². The molecule has 1 aromatic rings. The fourth-order valence-corrected chi connectivity index (χ4v) is 5.31. The molecule has 1 aliphatic heterocycles. The van der Waals surface area contributed by atoms with E-state index in [0.29, 0.717) is 4.86 Å². The molecule has 0 aliphatic carbocycles. The first-order valence-corrected chi connectivity index (χ1v) is 15.2. The largest absolute Gasteiger partial charge is 0.473 e. The summed E-state index contributed by atoms with van der Waals surface area (Å²) in [6.07, 6.45) is 16.4. The highest BCUT2D eigenvalue weighted by Crippen LogP contribution is 2.39. The van der Waals surface area contributed by atoms with Gasteiger partial charge in [0.25, 0.3) is 5.91 Å². The molecule has 1 unspecified atom stereocenters. The highest BCUT2D eigenvalue weighted by Gasteiger charge is 2.39. The molecule has 1 aromatic carbocycles. The Hall–Kier alpha value is -1.63. The summed E-state index contributed by atoms with van der Waals surface area (Å²) >= 11 is 5.65. The number of nitrogens with one attached hydrogen (secondary N) is 1. The van der Waals surface area contributed by atoms with Crippen LogP contribution in [0.4, 0.5) is 18.9 Å². The Labute approximate surface area is 233 Å². The minimum absolute atomic E-state index is 0.0273. The zero-order valence-corrected chi connectivity index (χ0v) is 24.5. The highest BCUT2D eigenvalue weighted by atomic mass is 32.1. The van der Waals surface area contributed by atoms with Crippen molar-refractivity contribution in [2.24, 2.45) is 5.41 Å². The van der Waals surface area contributed by atoms with Gasteiger partial charge in [0.05, 0.1) is 11.3 Å². The maximum absolute atomic E-state index is 13.0. The number of thiocarbonyl (C=S) groups is 1. The molecule has 3 nitrogen and oxygen atoms in total. The van der Waals surface area contributed by atoms with Crippen molar-refractivity contribution in [2.75, 3.05) is 5.32 Å². The van der Waals surface area contributed by atoms with Crippen LogP contribution in [-0.4, -0.2) is 16.9 Å². The van der Waals surface area contributed by atoms with Gasteiger partial charge in [-0.1, -0.05) is 136 Å². The summed E-state index contributed by atoms with van der Waals surface area (Å²) in [5.74, 6) is -0.301. The second-order valence-corrected chi connectivity index (χ2v) is 11.9. The summed E-state index contributed by atoms with van der Waals surface area (Å²) in [6.45, 7) is 6.29. The van der Waals surface area contributed by atoms with Gasteiger partial charge >= 0.3 is 6.18 Å². The number of ether oxygens (including phenoxy) is 1. The van der Waals surface area contributed by atoms with Crippen molar-refractivity contribution in [1.29, 1.82) is 0 Å². The van der Waals surface area contributed by atoms with Crippen LogP contribution in [0.5, 0.6) is 5.75 Å². The summed E-state index contributed by atoms with van der Waals surface area (Å²) in [5.41, 5.74) is -1.19. The Bertz CT molecular complexity index is 869. The molecular weight excluding hydrogens is 507 g/mol.